The first kappa shape index (κ1) is 12.3. The Morgan fingerprint density at radius 3 is 2.63 bits per heavy atom. The average Bonchev–Trinajstić information content (AvgIpc) is 3.21. The van der Waals surface area contributed by atoms with Crippen LogP contribution < -0.4 is 5.32 Å². The van der Waals surface area contributed by atoms with Gasteiger partial charge in [-0.05, 0) is 44.4 Å². The first-order valence-corrected chi connectivity index (χ1v) is 8.42. The maximum atomic E-state index is 5.69. The normalized spacial score (nSPS) is 24.7. The highest BCUT2D eigenvalue weighted by Crippen LogP contribution is 2.48. The Bertz CT molecular complexity index is 461. The highest BCUT2D eigenvalue weighted by Gasteiger charge is 2.37. The second kappa shape index (κ2) is 4.83. The smallest absolute Gasteiger partial charge is 0.122 e. The zero-order chi connectivity index (χ0) is 12.8. The van der Waals surface area contributed by atoms with Crippen LogP contribution in [0.2, 0.25) is 0 Å². The summed E-state index contributed by atoms with van der Waals surface area (Å²) in [5.41, 5.74) is 1.39. The lowest BCUT2D eigenvalue weighted by Crippen LogP contribution is -2.15. The summed E-state index contributed by atoms with van der Waals surface area (Å²) in [4.78, 5) is 6.44. The number of nitrogens with zero attached hydrogens (tertiary/aromatic N) is 1. The van der Waals surface area contributed by atoms with Gasteiger partial charge < -0.3 is 10.1 Å². The summed E-state index contributed by atoms with van der Waals surface area (Å²) in [5, 5.41) is 4.88. The molecule has 1 heterocycles. The fourth-order valence-electron chi connectivity index (χ4n) is 2.72. The minimum absolute atomic E-state index is 0.261. The summed E-state index contributed by atoms with van der Waals surface area (Å²) in [6, 6.07) is 0.777. The van der Waals surface area contributed by atoms with Crippen LogP contribution in [-0.4, -0.2) is 18.1 Å². The fourth-order valence-corrected chi connectivity index (χ4v) is 4.00. The third-order valence-corrected chi connectivity index (χ3v) is 5.52. The molecule has 3 nitrogen and oxygen atoms in total. The molecule has 0 aliphatic heterocycles. The van der Waals surface area contributed by atoms with Gasteiger partial charge in [0, 0.05) is 30.5 Å². The van der Waals surface area contributed by atoms with Crippen molar-refractivity contribution in [1.29, 1.82) is 0 Å². The summed E-state index contributed by atoms with van der Waals surface area (Å²) in [5.74, 6) is 1.48. The van der Waals surface area contributed by atoms with E-state index in [0.717, 1.165) is 24.4 Å². The van der Waals surface area contributed by atoms with Crippen molar-refractivity contribution in [3.8, 4) is 0 Å². The molecule has 1 unspecified atom stereocenters. The molecule has 0 saturated heterocycles. The maximum absolute atomic E-state index is 5.69. The predicted octanol–water partition coefficient (Wildman–Crippen LogP) is 3.37. The van der Waals surface area contributed by atoms with Crippen LogP contribution in [0.25, 0.3) is 0 Å². The van der Waals surface area contributed by atoms with Gasteiger partial charge in [-0.3, -0.25) is 0 Å². The molecule has 0 radical (unpaired) electrons. The van der Waals surface area contributed by atoms with Crippen LogP contribution in [0.3, 0.4) is 0 Å². The van der Waals surface area contributed by atoms with Crippen molar-refractivity contribution in [3.63, 3.8) is 0 Å². The third kappa shape index (κ3) is 2.71. The van der Waals surface area contributed by atoms with Gasteiger partial charge in [-0.1, -0.05) is 0 Å². The van der Waals surface area contributed by atoms with Crippen molar-refractivity contribution < 1.29 is 4.74 Å². The predicted molar refractivity (Wildman–Crippen MR) is 76.4 cm³/mol. The summed E-state index contributed by atoms with van der Waals surface area (Å²) >= 11 is 1.90. The summed E-state index contributed by atoms with van der Waals surface area (Å²) in [6.45, 7) is 1.02. The topological polar surface area (TPSA) is 34.1 Å². The molecule has 0 amide bonds. The van der Waals surface area contributed by atoms with Crippen molar-refractivity contribution >= 4 is 11.3 Å². The van der Waals surface area contributed by atoms with Crippen molar-refractivity contribution in [2.24, 2.45) is 5.92 Å². The van der Waals surface area contributed by atoms with E-state index in [0.29, 0.717) is 0 Å². The highest BCUT2D eigenvalue weighted by molar-refractivity contribution is 7.11. The second-order valence-electron chi connectivity index (χ2n) is 6.28. The molecule has 4 heteroatoms. The average molecular weight is 278 g/mol. The third-order valence-electron chi connectivity index (χ3n) is 4.38. The quantitative estimate of drug-likeness (QED) is 0.830. The number of rotatable bonds is 7. The molecular formula is C15H22N2OS. The molecule has 4 rings (SSSR count). The fraction of sp³-hybridized carbons (Fsp3) is 0.800. The van der Waals surface area contributed by atoms with Gasteiger partial charge in [-0.25, -0.2) is 4.98 Å². The van der Waals surface area contributed by atoms with Gasteiger partial charge in [-0.15, -0.1) is 11.3 Å². The molecule has 3 saturated carbocycles. The number of nitrogens with one attached hydrogen (secondary N) is 1. The van der Waals surface area contributed by atoms with Crippen LogP contribution in [0.4, 0.5) is 0 Å². The van der Waals surface area contributed by atoms with Gasteiger partial charge in [-0.2, -0.15) is 0 Å². The SMILES string of the molecule is COC(c1nc(C2CC2)c(CNC2CC2)s1)C1CC1. The molecule has 0 aromatic carbocycles. The van der Waals surface area contributed by atoms with Gasteiger partial charge >= 0.3 is 0 Å². The van der Waals surface area contributed by atoms with E-state index in [1.807, 2.05) is 18.4 Å². The van der Waals surface area contributed by atoms with Gasteiger partial charge in [0.1, 0.15) is 11.1 Å². The van der Waals surface area contributed by atoms with Crippen LogP contribution >= 0.6 is 11.3 Å². The summed E-state index contributed by atoms with van der Waals surface area (Å²) in [6.07, 6.45) is 8.26. The minimum Gasteiger partial charge on any atom is -0.374 e. The van der Waals surface area contributed by atoms with E-state index < -0.39 is 0 Å². The van der Waals surface area contributed by atoms with Crippen molar-refractivity contribution in [2.45, 2.75) is 63.1 Å². The van der Waals surface area contributed by atoms with E-state index in [2.05, 4.69) is 5.32 Å². The van der Waals surface area contributed by atoms with Crippen molar-refractivity contribution in [1.82, 2.24) is 10.3 Å². The molecule has 104 valence electrons. The Labute approximate surface area is 118 Å². The summed E-state index contributed by atoms with van der Waals surface area (Å²) in [7, 11) is 1.84. The zero-order valence-corrected chi connectivity index (χ0v) is 12.3. The monoisotopic (exact) mass is 278 g/mol. The lowest BCUT2D eigenvalue weighted by Gasteiger charge is -2.10. The molecule has 3 aliphatic rings. The molecule has 1 atom stereocenters. The van der Waals surface area contributed by atoms with Crippen LogP contribution in [0, 0.1) is 5.92 Å². The molecule has 0 spiro atoms. The number of ether oxygens (including phenoxy) is 1. The Hall–Kier alpha value is -0.450. The molecule has 1 aromatic heterocycles. The van der Waals surface area contributed by atoms with Crippen LogP contribution in [-0.2, 0) is 11.3 Å². The molecule has 3 fully saturated rings. The minimum atomic E-state index is 0.261. The lowest BCUT2D eigenvalue weighted by atomic mass is 10.2. The van der Waals surface area contributed by atoms with E-state index in [1.54, 1.807) is 0 Å². The van der Waals surface area contributed by atoms with E-state index in [4.69, 9.17) is 9.72 Å². The second-order valence-corrected chi connectivity index (χ2v) is 7.40. The Morgan fingerprint density at radius 2 is 2.05 bits per heavy atom. The maximum Gasteiger partial charge on any atom is 0.122 e. The number of aromatic nitrogens is 1. The largest absolute Gasteiger partial charge is 0.374 e. The number of hydrogen-bond donors (Lipinski definition) is 1. The zero-order valence-electron chi connectivity index (χ0n) is 11.5. The van der Waals surface area contributed by atoms with Crippen molar-refractivity contribution in [2.75, 3.05) is 7.11 Å². The van der Waals surface area contributed by atoms with Crippen LogP contribution in [0.1, 0.15) is 66.1 Å². The Balaban J connectivity index is 1.54. The number of methoxy groups -OCH3 is 1. The van der Waals surface area contributed by atoms with Crippen LogP contribution in [0.15, 0.2) is 0 Å². The highest BCUT2D eigenvalue weighted by atomic mass is 32.1. The molecular weight excluding hydrogens is 256 g/mol. The molecule has 3 aliphatic carbocycles. The number of thiazole rings is 1. The lowest BCUT2D eigenvalue weighted by molar-refractivity contribution is 0.0842. The van der Waals surface area contributed by atoms with Gasteiger partial charge in [0.05, 0.1) is 5.69 Å². The van der Waals surface area contributed by atoms with E-state index in [-0.39, 0.29) is 6.10 Å². The summed E-state index contributed by atoms with van der Waals surface area (Å²) < 4.78 is 5.69. The first-order valence-electron chi connectivity index (χ1n) is 7.61. The van der Waals surface area contributed by atoms with Crippen molar-refractivity contribution in [3.05, 3.63) is 15.6 Å². The molecule has 19 heavy (non-hydrogen) atoms. The van der Waals surface area contributed by atoms with E-state index in [9.17, 15) is 0 Å². The molecule has 1 aromatic rings. The van der Waals surface area contributed by atoms with Crippen LogP contribution in [0.5, 0.6) is 0 Å². The molecule has 1 N–H and O–H groups in total. The van der Waals surface area contributed by atoms with E-state index >= 15 is 0 Å². The Kier molecular flexibility index (Phi) is 3.13. The van der Waals surface area contributed by atoms with Gasteiger partial charge in [0.25, 0.3) is 0 Å². The van der Waals surface area contributed by atoms with E-state index in [1.165, 1.54) is 54.1 Å². The van der Waals surface area contributed by atoms with Gasteiger partial charge in [0.15, 0.2) is 0 Å². The standard InChI is InChI=1S/C15H22N2OS/c1-18-14(10-4-5-10)15-17-13(9-2-3-9)12(19-15)8-16-11-6-7-11/h9-11,14,16H,2-8H2,1H3. The van der Waals surface area contributed by atoms with Gasteiger partial charge in [0.2, 0.25) is 0 Å². The first-order chi connectivity index (χ1) is 9.35. The molecule has 0 bridgehead atoms. The Morgan fingerprint density at radius 1 is 1.26 bits per heavy atom. The number of hydrogen-bond acceptors (Lipinski definition) is 4.